The Bertz CT molecular complexity index is 805. The topological polar surface area (TPSA) is 107 Å². The molecule has 0 unspecified atom stereocenters. The summed E-state index contributed by atoms with van der Waals surface area (Å²) in [6, 6.07) is 3.43. The second-order valence-electron chi connectivity index (χ2n) is 6.07. The molecule has 1 aliphatic heterocycles. The Morgan fingerprint density at radius 2 is 1.88 bits per heavy atom. The van der Waals surface area contributed by atoms with Crippen molar-refractivity contribution in [2.45, 2.75) is 25.7 Å². The molecule has 2 aromatic heterocycles. The molecule has 0 saturated carbocycles. The van der Waals surface area contributed by atoms with Crippen LogP contribution in [0.4, 0.5) is 11.6 Å². The first-order chi connectivity index (χ1) is 11.9. The molecule has 0 amide bonds. The van der Waals surface area contributed by atoms with E-state index in [-0.39, 0.29) is 10.7 Å². The Morgan fingerprint density at radius 1 is 1.16 bits per heavy atom. The number of aryl methyl sites for hydroxylation is 2. The maximum absolute atomic E-state index is 12.5. The number of nitrogens with zero attached hydrogens (tertiary/aromatic N) is 5. The van der Waals surface area contributed by atoms with Crippen LogP contribution in [0.15, 0.2) is 17.0 Å². The molecule has 9 nitrogen and oxygen atoms in total. The van der Waals surface area contributed by atoms with Gasteiger partial charge in [-0.05, 0) is 32.5 Å². The van der Waals surface area contributed by atoms with Crippen LogP contribution in [-0.2, 0) is 10.0 Å². The van der Waals surface area contributed by atoms with Crippen LogP contribution in [0.1, 0.15) is 18.3 Å². The van der Waals surface area contributed by atoms with Crippen LogP contribution < -0.4 is 9.62 Å². The summed E-state index contributed by atoms with van der Waals surface area (Å²) in [5, 5.41) is 14.8. The van der Waals surface area contributed by atoms with Crippen LogP contribution in [-0.4, -0.2) is 66.4 Å². The lowest BCUT2D eigenvalue weighted by Crippen LogP contribution is -2.46. The Hall–Kier alpha value is -2.20. The fourth-order valence-corrected chi connectivity index (χ4v) is 4.34. The van der Waals surface area contributed by atoms with Gasteiger partial charge in [-0.3, -0.25) is 9.82 Å². The quantitative estimate of drug-likeness (QED) is 0.805. The Balaban J connectivity index is 1.71. The highest BCUT2D eigenvalue weighted by Crippen LogP contribution is 2.20. The van der Waals surface area contributed by atoms with Gasteiger partial charge < -0.3 is 9.80 Å². The van der Waals surface area contributed by atoms with Crippen molar-refractivity contribution in [1.29, 1.82) is 0 Å². The Kier molecular flexibility index (Phi) is 4.91. The predicted molar refractivity (Wildman–Crippen MR) is 95.2 cm³/mol. The minimum absolute atomic E-state index is 0.147. The van der Waals surface area contributed by atoms with Crippen molar-refractivity contribution in [1.82, 2.24) is 25.3 Å². The first-order valence-corrected chi connectivity index (χ1v) is 9.74. The smallest absolute Gasteiger partial charge is 0.266 e. The van der Waals surface area contributed by atoms with Crippen molar-refractivity contribution >= 4 is 21.7 Å². The van der Waals surface area contributed by atoms with Gasteiger partial charge in [0.25, 0.3) is 10.0 Å². The zero-order valence-corrected chi connectivity index (χ0v) is 15.5. The van der Waals surface area contributed by atoms with E-state index in [1.165, 1.54) is 0 Å². The van der Waals surface area contributed by atoms with E-state index in [0.29, 0.717) is 11.4 Å². The van der Waals surface area contributed by atoms with Gasteiger partial charge in [0.15, 0.2) is 11.6 Å². The average Bonchev–Trinajstić information content (AvgIpc) is 2.95. The number of hydrogen-bond donors (Lipinski definition) is 2. The largest absolute Gasteiger partial charge is 0.353 e. The molecule has 25 heavy (non-hydrogen) atoms. The Morgan fingerprint density at radius 3 is 2.40 bits per heavy atom. The molecule has 1 saturated heterocycles. The van der Waals surface area contributed by atoms with Crippen molar-refractivity contribution in [2.75, 3.05) is 42.3 Å². The van der Waals surface area contributed by atoms with Crippen LogP contribution in [0.2, 0.25) is 0 Å². The maximum Gasteiger partial charge on any atom is 0.266 e. The zero-order chi connectivity index (χ0) is 18.0. The molecule has 0 bridgehead atoms. The third-order valence-corrected chi connectivity index (χ3v) is 5.98. The average molecular weight is 365 g/mol. The number of sulfonamides is 1. The van der Waals surface area contributed by atoms with Crippen molar-refractivity contribution in [3.05, 3.63) is 23.5 Å². The Labute approximate surface area is 147 Å². The van der Waals surface area contributed by atoms with Crippen molar-refractivity contribution in [3.63, 3.8) is 0 Å². The fraction of sp³-hybridized carbons (Fsp3) is 0.533. The van der Waals surface area contributed by atoms with E-state index in [2.05, 4.69) is 41.8 Å². The minimum atomic E-state index is -3.75. The molecular weight excluding hydrogens is 342 g/mol. The summed E-state index contributed by atoms with van der Waals surface area (Å²) >= 11 is 0. The van der Waals surface area contributed by atoms with Gasteiger partial charge in [0.1, 0.15) is 4.90 Å². The van der Waals surface area contributed by atoms with Gasteiger partial charge in [0.05, 0.1) is 11.4 Å². The summed E-state index contributed by atoms with van der Waals surface area (Å²) in [6.07, 6.45) is 0. The van der Waals surface area contributed by atoms with Gasteiger partial charge in [0.2, 0.25) is 0 Å². The normalized spacial score (nSPS) is 16.2. The summed E-state index contributed by atoms with van der Waals surface area (Å²) in [4.78, 5) is 4.68. The van der Waals surface area contributed by atoms with Gasteiger partial charge >= 0.3 is 0 Å². The highest BCUT2D eigenvalue weighted by atomic mass is 32.2. The van der Waals surface area contributed by atoms with Gasteiger partial charge in [-0.2, -0.15) is 5.10 Å². The molecule has 2 aromatic rings. The van der Waals surface area contributed by atoms with Crippen LogP contribution in [0, 0.1) is 13.8 Å². The molecule has 0 spiro atoms. The molecular formula is C15H23N7O2S. The monoisotopic (exact) mass is 365 g/mol. The number of piperazine rings is 1. The first-order valence-electron chi connectivity index (χ1n) is 8.26. The number of aromatic amines is 1. The molecule has 0 aliphatic carbocycles. The summed E-state index contributed by atoms with van der Waals surface area (Å²) in [6.45, 7) is 10.3. The fourth-order valence-electron chi connectivity index (χ4n) is 2.97. The molecule has 3 heterocycles. The van der Waals surface area contributed by atoms with E-state index < -0.39 is 10.0 Å². The van der Waals surface area contributed by atoms with Gasteiger partial charge in [-0.1, -0.05) is 6.92 Å². The summed E-state index contributed by atoms with van der Waals surface area (Å²) in [5.74, 6) is 0.949. The van der Waals surface area contributed by atoms with E-state index in [0.717, 1.165) is 38.5 Å². The van der Waals surface area contributed by atoms with E-state index in [1.54, 1.807) is 26.0 Å². The highest BCUT2D eigenvalue weighted by Gasteiger charge is 2.23. The maximum atomic E-state index is 12.5. The van der Waals surface area contributed by atoms with Gasteiger partial charge in [-0.15, -0.1) is 10.2 Å². The van der Waals surface area contributed by atoms with Crippen LogP contribution in [0.3, 0.4) is 0 Å². The third-order valence-electron chi connectivity index (χ3n) is 4.36. The second kappa shape index (κ2) is 6.96. The minimum Gasteiger partial charge on any atom is -0.353 e. The van der Waals surface area contributed by atoms with E-state index in [1.807, 2.05) is 0 Å². The summed E-state index contributed by atoms with van der Waals surface area (Å²) in [7, 11) is -3.75. The molecule has 0 atom stereocenters. The molecule has 136 valence electrons. The van der Waals surface area contributed by atoms with E-state index in [4.69, 9.17) is 0 Å². The molecule has 10 heteroatoms. The standard InChI is InChI=1S/C15H23N7O2S/c1-4-21-7-9-22(10-8-21)14-6-5-13(18-19-14)20-25(23,24)15-11(2)16-17-12(15)3/h5-6H,4,7-10H2,1-3H3,(H,16,17)(H,18,20). The lowest BCUT2D eigenvalue weighted by molar-refractivity contribution is 0.270. The van der Waals surface area contributed by atoms with Gasteiger partial charge in [-0.25, -0.2) is 8.42 Å². The molecule has 1 fully saturated rings. The first kappa shape index (κ1) is 17.6. The number of nitrogens with one attached hydrogen (secondary N) is 2. The van der Waals surface area contributed by atoms with Crippen molar-refractivity contribution in [3.8, 4) is 0 Å². The molecule has 1 aliphatic rings. The van der Waals surface area contributed by atoms with Crippen LogP contribution in [0.5, 0.6) is 0 Å². The number of anilines is 2. The third kappa shape index (κ3) is 3.74. The van der Waals surface area contributed by atoms with Crippen LogP contribution in [0.25, 0.3) is 0 Å². The lowest BCUT2D eigenvalue weighted by atomic mass is 10.3. The van der Waals surface area contributed by atoms with E-state index >= 15 is 0 Å². The number of likely N-dealkylation sites (N-methyl/N-ethyl adjacent to an activating group) is 1. The highest BCUT2D eigenvalue weighted by molar-refractivity contribution is 7.92. The number of rotatable bonds is 5. The molecule has 0 radical (unpaired) electrons. The van der Waals surface area contributed by atoms with Crippen LogP contribution >= 0.6 is 0 Å². The number of hydrogen-bond acceptors (Lipinski definition) is 7. The number of aromatic nitrogens is 4. The zero-order valence-electron chi connectivity index (χ0n) is 14.7. The van der Waals surface area contributed by atoms with E-state index in [9.17, 15) is 8.42 Å². The molecule has 3 rings (SSSR count). The summed E-state index contributed by atoms with van der Waals surface area (Å²) < 4.78 is 27.5. The van der Waals surface area contributed by atoms with Gasteiger partial charge in [0, 0.05) is 26.2 Å². The lowest BCUT2D eigenvalue weighted by Gasteiger charge is -2.34. The summed E-state index contributed by atoms with van der Waals surface area (Å²) in [5.41, 5.74) is 0.909. The SMILES string of the molecule is CCN1CCN(c2ccc(NS(=O)(=O)c3c(C)n[nH]c3C)nn2)CC1. The van der Waals surface area contributed by atoms with Crippen molar-refractivity contribution in [2.24, 2.45) is 0 Å². The second-order valence-corrected chi connectivity index (χ2v) is 7.69. The predicted octanol–water partition coefficient (Wildman–Crippen LogP) is 0.759. The number of H-pyrrole nitrogens is 1. The molecule has 0 aromatic carbocycles. The molecule has 2 N–H and O–H groups in total. The van der Waals surface area contributed by atoms with Crippen molar-refractivity contribution < 1.29 is 8.42 Å².